The Kier molecular flexibility index (Phi) is 12.0. The average Bonchev–Trinajstić information content (AvgIpc) is 4.27. The molecule has 10 heterocycles. The molecule has 4 aliphatic heterocycles. The van der Waals surface area contributed by atoms with Gasteiger partial charge in [0.05, 0.1) is 45.6 Å². The van der Waals surface area contributed by atoms with Gasteiger partial charge in [-0.3, -0.25) is 0 Å². The Bertz CT molecular complexity index is 3760. The molecule has 0 aliphatic carbocycles. The van der Waals surface area contributed by atoms with Gasteiger partial charge in [0.1, 0.15) is 0 Å². The van der Waals surface area contributed by atoms with Crippen LogP contribution >= 0.6 is 0 Å². The van der Waals surface area contributed by atoms with Crippen molar-refractivity contribution in [3.05, 3.63) is 240 Å². The minimum Gasteiger partial charge on any atom is -0.355 e. The van der Waals surface area contributed by atoms with Gasteiger partial charge in [-0.15, -0.1) is 0 Å². The van der Waals surface area contributed by atoms with Crippen molar-refractivity contribution >= 4 is 92.7 Å². The Balaban J connectivity index is 0.000000182. The summed E-state index contributed by atoms with van der Waals surface area (Å²) in [5, 5.41) is 0. The topological polar surface area (TPSA) is 115 Å². The van der Waals surface area contributed by atoms with Crippen molar-refractivity contribution in [3.8, 4) is 44.5 Å². The summed E-state index contributed by atoms with van der Waals surface area (Å²) < 4.78 is 0. The third-order valence-corrected chi connectivity index (χ3v) is 13.0. The van der Waals surface area contributed by atoms with E-state index in [9.17, 15) is 0 Å². The van der Waals surface area contributed by atoms with E-state index >= 15 is 0 Å². The second-order valence-corrected chi connectivity index (χ2v) is 17.9. The van der Waals surface area contributed by atoms with Crippen molar-refractivity contribution in [2.75, 3.05) is 0 Å². The van der Waals surface area contributed by atoms with Crippen molar-refractivity contribution in [1.82, 2.24) is 39.9 Å². The van der Waals surface area contributed by atoms with E-state index in [1.807, 2.05) is 66.8 Å². The number of aromatic nitrogens is 8. The van der Waals surface area contributed by atoms with Gasteiger partial charge in [0.25, 0.3) is 0 Å². The molecule has 6 aromatic heterocycles. The Morgan fingerprint density at radius 1 is 0.233 bits per heavy atom. The Hall–Kier alpha value is -9.30. The summed E-state index contributed by atoms with van der Waals surface area (Å²) >= 11 is 0. The van der Waals surface area contributed by atoms with Crippen molar-refractivity contribution in [2.24, 2.45) is 0 Å². The van der Waals surface area contributed by atoms with Crippen LogP contribution in [0.15, 0.2) is 194 Å². The van der Waals surface area contributed by atoms with E-state index in [1.54, 1.807) is 0 Å². The Morgan fingerprint density at radius 3 is 0.808 bits per heavy atom. The van der Waals surface area contributed by atoms with Crippen LogP contribution in [-0.4, -0.2) is 39.9 Å². The predicted molar refractivity (Wildman–Crippen MR) is 299 cm³/mol. The Labute approximate surface area is 433 Å². The molecule has 0 fully saturated rings. The summed E-state index contributed by atoms with van der Waals surface area (Å²) in [5.41, 5.74) is 24.0. The minimum atomic E-state index is 0. The fourth-order valence-corrected chi connectivity index (χ4v) is 9.78. The molecule has 16 bridgehead atoms. The summed E-state index contributed by atoms with van der Waals surface area (Å²) in [6, 6.07) is 67.1. The maximum atomic E-state index is 5.35. The molecule has 0 radical (unpaired) electrons. The van der Waals surface area contributed by atoms with E-state index in [1.165, 1.54) is 0 Å². The maximum Gasteiger partial charge on any atom is 0.0737 e. The molecular formula is C64H44N8Zn. The van der Waals surface area contributed by atoms with Crippen LogP contribution in [0.4, 0.5) is 0 Å². The van der Waals surface area contributed by atoms with Crippen molar-refractivity contribution in [2.45, 2.75) is 0 Å². The van der Waals surface area contributed by atoms with Gasteiger partial charge in [0, 0.05) is 85.9 Å². The summed E-state index contributed by atoms with van der Waals surface area (Å²) in [6.07, 6.45) is 16.6. The second kappa shape index (κ2) is 19.5. The number of benzene rings is 4. The number of nitrogens with one attached hydrogen (secondary N) is 4. The standard InChI is InChI=1S/C44H30N4.C20H14N4.Zn/c1-5-13-29(14-6-1)41-33-21-23-35(45-33)42(30-15-7-2-8-16-30)37-25-27-39(47-37)44(32-19-11-4-12-20-32)40-28-26-38(48-40)43(31-17-9-3-10-18-31)36-24-22-34(41)46-36;1-2-14-10-16-5-6-18(23-16)12-20-8-7-19(24-20)11-17-4-3-15(22-17)9-13(1)21-14;/h1-28,45,48H;1-12,21-22H;. The summed E-state index contributed by atoms with van der Waals surface area (Å²) in [6.45, 7) is 0. The molecule has 4 aromatic carbocycles. The van der Waals surface area contributed by atoms with Gasteiger partial charge < -0.3 is 19.9 Å². The van der Waals surface area contributed by atoms with Crippen molar-refractivity contribution in [3.63, 3.8) is 0 Å². The summed E-state index contributed by atoms with van der Waals surface area (Å²) in [5.74, 6) is 0. The predicted octanol–water partition coefficient (Wildman–Crippen LogP) is 16.0. The molecule has 10 aromatic rings. The van der Waals surface area contributed by atoms with Crippen LogP contribution in [0.5, 0.6) is 0 Å². The number of rotatable bonds is 4. The molecule has 8 nitrogen and oxygen atoms in total. The molecule has 0 saturated carbocycles. The molecule has 0 atom stereocenters. The third-order valence-electron chi connectivity index (χ3n) is 13.0. The number of nitrogens with zero attached hydrogens (tertiary/aromatic N) is 4. The van der Waals surface area contributed by atoms with Gasteiger partial charge in [-0.2, -0.15) is 0 Å². The number of fused-ring (bicyclic) bond motifs is 16. The van der Waals surface area contributed by atoms with E-state index in [2.05, 4.69) is 206 Å². The van der Waals surface area contributed by atoms with Gasteiger partial charge in [-0.25, -0.2) is 19.9 Å². The molecule has 0 amide bonds. The molecule has 4 N–H and O–H groups in total. The first kappa shape index (κ1) is 44.9. The molecular weight excluding hydrogens is 946 g/mol. The van der Waals surface area contributed by atoms with Crippen molar-refractivity contribution in [1.29, 1.82) is 0 Å². The number of hydrogen-bond donors (Lipinski definition) is 4. The SMILES string of the molecule is C1=Cc2cc3ccc(cc4ccc(cc5nc(cc1n2)C=C5)[nH]4)[nH]3.C1=Cc2nc1c(-c1ccccc1)c1ccc([nH]1)c(-c1ccccc1)c1nc(c(-c3ccccc3)c3ccc([nH]3)c2-c2ccccc2)C=C1.[Zn]. The van der Waals surface area contributed by atoms with Crippen LogP contribution in [0, 0.1) is 0 Å². The zero-order valence-corrected chi connectivity index (χ0v) is 42.6. The molecule has 9 heteroatoms. The van der Waals surface area contributed by atoms with E-state index < -0.39 is 0 Å². The number of H-pyrrole nitrogens is 4. The fourth-order valence-electron chi connectivity index (χ4n) is 9.78. The van der Waals surface area contributed by atoms with E-state index in [0.29, 0.717) is 0 Å². The first-order chi connectivity index (χ1) is 35.6. The largest absolute Gasteiger partial charge is 0.355 e. The van der Waals surface area contributed by atoms with E-state index in [0.717, 1.165) is 134 Å². The summed E-state index contributed by atoms with van der Waals surface area (Å²) in [7, 11) is 0. The average molecular weight is 991 g/mol. The Morgan fingerprint density at radius 2 is 0.507 bits per heavy atom. The van der Waals surface area contributed by atoms with Crippen LogP contribution in [-0.2, 0) is 19.5 Å². The first-order valence-corrected chi connectivity index (χ1v) is 24.0. The zero-order valence-electron chi connectivity index (χ0n) is 39.6. The molecule has 4 aliphatic rings. The third kappa shape index (κ3) is 9.17. The van der Waals surface area contributed by atoms with Crippen LogP contribution in [0.2, 0.25) is 0 Å². The zero-order chi connectivity index (χ0) is 47.8. The molecule has 0 spiro atoms. The maximum absolute atomic E-state index is 5.35. The monoisotopic (exact) mass is 988 g/mol. The van der Waals surface area contributed by atoms with Gasteiger partial charge in [-0.1, -0.05) is 121 Å². The molecule has 73 heavy (non-hydrogen) atoms. The summed E-state index contributed by atoms with van der Waals surface area (Å²) in [4.78, 5) is 34.3. The van der Waals surface area contributed by atoms with Gasteiger partial charge in [0.15, 0.2) is 0 Å². The van der Waals surface area contributed by atoms with E-state index in [4.69, 9.17) is 9.97 Å². The smallest absolute Gasteiger partial charge is 0.0737 e. The second-order valence-electron chi connectivity index (χ2n) is 17.9. The van der Waals surface area contributed by atoms with Crippen LogP contribution < -0.4 is 0 Å². The van der Waals surface area contributed by atoms with Crippen LogP contribution in [0.3, 0.4) is 0 Å². The minimum absolute atomic E-state index is 0. The van der Waals surface area contributed by atoms with Crippen LogP contribution in [0.25, 0.3) is 137 Å². The van der Waals surface area contributed by atoms with Crippen LogP contribution in [0.1, 0.15) is 45.6 Å². The van der Waals surface area contributed by atoms with E-state index in [-0.39, 0.29) is 19.5 Å². The number of hydrogen-bond acceptors (Lipinski definition) is 4. The number of aromatic amines is 4. The molecule has 0 saturated heterocycles. The van der Waals surface area contributed by atoms with Gasteiger partial charge in [0.2, 0.25) is 0 Å². The molecule has 14 rings (SSSR count). The van der Waals surface area contributed by atoms with Gasteiger partial charge in [-0.05, 0) is 144 Å². The normalized spacial score (nSPS) is 12.1. The fraction of sp³-hybridized carbons (Fsp3) is 0. The quantitative estimate of drug-likeness (QED) is 0.132. The molecule has 342 valence electrons. The molecule has 0 unspecified atom stereocenters. The van der Waals surface area contributed by atoms with Gasteiger partial charge >= 0.3 is 0 Å². The first-order valence-electron chi connectivity index (χ1n) is 24.0. The van der Waals surface area contributed by atoms with Crippen molar-refractivity contribution < 1.29 is 19.5 Å².